The van der Waals surface area contributed by atoms with Gasteiger partial charge in [0.25, 0.3) is 0 Å². The molecule has 1 aromatic heterocycles. The molecule has 0 saturated carbocycles. The first-order chi connectivity index (χ1) is 9.95. The molecule has 0 unspecified atom stereocenters. The lowest BCUT2D eigenvalue weighted by Crippen LogP contribution is -2.36. The van der Waals surface area contributed by atoms with Gasteiger partial charge >= 0.3 is 0 Å². The molecule has 5 heteroatoms. The molecule has 1 aliphatic heterocycles. The number of nitrogens with zero attached hydrogens (tertiary/aromatic N) is 4. The van der Waals surface area contributed by atoms with Crippen molar-refractivity contribution in [3.8, 4) is 0 Å². The summed E-state index contributed by atoms with van der Waals surface area (Å²) in [7, 11) is 0. The lowest BCUT2D eigenvalue weighted by molar-refractivity contribution is -0.131. The van der Waals surface area contributed by atoms with E-state index in [1.54, 1.807) is 0 Å². The first kappa shape index (κ1) is 15.7. The van der Waals surface area contributed by atoms with Crippen LogP contribution in [-0.2, 0) is 4.79 Å². The highest BCUT2D eigenvalue weighted by atomic mass is 16.2. The summed E-state index contributed by atoms with van der Waals surface area (Å²) in [5, 5.41) is 0. The molecule has 0 N–H and O–H groups in total. The zero-order valence-electron chi connectivity index (χ0n) is 13.6. The van der Waals surface area contributed by atoms with Crippen molar-refractivity contribution in [1.29, 1.82) is 0 Å². The highest BCUT2D eigenvalue weighted by Gasteiger charge is 2.21. The van der Waals surface area contributed by atoms with Crippen LogP contribution in [0, 0.1) is 19.8 Å². The Morgan fingerprint density at radius 2 is 1.81 bits per heavy atom. The molecule has 1 fully saturated rings. The topological polar surface area (TPSA) is 49.3 Å². The van der Waals surface area contributed by atoms with Gasteiger partial charge in [-0.05, 0) is 32.3 Å². The fourth-order valence-corrected chi connectivity index (χ4v) is 2.69. The number of aryl methyl sites for hydroxylation is 2. The summed E-state index contributed by atoms with van der Waals surface area (Å²) in [6.45, 7) is 11.5. The smallest absolute Gasteiger partial charge is 0.225 e. The average molecular weight is 290 g/mol. The molecule has 1 aliphatic rings. The summed E-state index contributed by atoms with van der Waals surface area (Å²) in [4.78, 5) is 25.4. The van der Waals surface area contributed by atoms with Gasteiger partial charge in [0.1, 0.15) is 0 Å². The fraction of sp³-hybridized carbons (Fsp3) is 0.688. The lowest BCUT2D eigenvalue weighted by atomic mass is 10.1. The molecule has 1 saturated heterocycles. The molecular formula is C16H26N4O. The predicted octanol–water partition coefficient (Wildman–Crippen LogP) is 2.18. The van der Waals surface area contributed by atoms with Crippen LogP contribution in [0.5, 0.6) is 0 Å². The van der Waals surface area contributed by atoms with E-state index in [1.165, 1.54) is 0 Å². The van der Waals surface area contributed by atoms with Gasteiger partial charge in [-0.2, -0.15) is 0 Å². The SMILES string of the molecule is Cc1cc(C)nc(N2CCCN(C(=O)CC(C)C)CC2)n1. The Hall–Kier alpha value is -1.65. The number of aromatic nitrogens is 2. The molecule has 5 nitrogen and oxygen atoms in total. The number of rotatable bonds is 3. The minimum Gasteiger partial charge on any atom is -0.341 e. The van der Waals surface area contributed by atoms with Crippen molar-refractivity contribution >= 4 is 11.9 Å². The number of carbonyl (C=O) groups excluding carboxylic acids is 1. The maximum Gasteiger partial charge on any atom is 0.225 e. The summed E-state index contributed by atoms with van der Waals surface area (Å²) in [5.41, 5.74) is 1.99. The zero-order valence-corrected chi connectivity index (χ0v) is 13.6. The number of anilines is 1. The van der Waals surface area contributed by atoms with Crippen molar-refractivity contribution in [2.45, 2.75) is 40.5 Å². The van der Waals surface area contributed by atoms with Crippen molar-refractivity contribution < 1.29 is 4.79 Å². The second-order valence-corrected chi connectivity index (χ2v) is 6.27. The van der Waals surface area contributed by atoms with Crippen molar-refractivity contribution in [3.05, 3.63) is 17.5 Å². The third kappa shape index (κ3) is 4.41. The molecular weight excluding hydrogens is 264 g/mol. The Morgan fingerprint density at radius 3 is 2.43 bits per heavy atom. The van der Waals surface area contributed by atoms with Gasteiger partial charge in [0.05, 0.1) is 0 Å². The second-order valence-electron chi connectivity index (χ2n) is 6.27. The van der Waals surface area contributed by atoms with E-state index in [1.807, 2.05) is 24.8 Å². The van der Waals surface area contributed by atoms with Crippen LogP contribution in [0.1, 0.15) is 38.1 Å². The molecule has 0 atom stereocenters. The monoisotopic (exact) mass is 290 g/mol. The van der Waals surface area contributed by atoms with Crippen LogP contribution in [-0.4, -0.2) is 47.0 Å². The van der Waals surface area contributed by atoms with Gasteiger partial charge in [-0.15, -0.1) is 0 Å². The summed E-state index contributed by atoms with van der Waals surface area (Å²) in [6.07, 6.45) is 1.61. The third-order valence-corrected chi connectivity index (χ3v) is 3.68. The maximum absolute atomic E-state index is 12.2. The maximum atomic E-state index is 12.2. The summed E-state index contributed by atoms with van der Waals surface area (Å²) in [6, 6.07) is 1.99. The average Bonchev–Trinajstić information content (AvgIpc) is 2.62. The third-order valence-electron chi connectivity index (χ3n) is 3.68. The molecule has 2 rings (SSSR count). The summed E-state index contributed by atoms with van der Waals surface area (Å²) >= 11 is 0. The number of hydrogen-bond donors (Lipinski definition) is 0. The Labute approximate surface area is 127 Å². The van der Waals surface area contributed by atoms with Crippen molar-refractivity contribution in [2.75, 3.05) is 31.1 Å². The number of amides is 1. The van der Waals surface area contributed by atoms with Gasteiger partial charge in [-0.3, -0.25) is 4.79 Å². The molecule has 0 bridgehead atoms. The van der Waals surface area contributed by atoms with Crippen molar-refractivity contribution in [2.24, 2.45) is 5.92 Å². The normalized spacial score (nSPS) is 16.2. The van der Waals surface area contributed by atoms with Crippen molar-refractivity contribution in [3.63, 3.8) is 0 Å². The molecule has 116 valence electrons. The standard InChI is InChI=1S/C16H26N4O/c1-12(2)10-15(21)19-6-5-7-20(9-8-19)16-17-13(3)11-14(4)18-16/h11-12H,5-10H2,1-4H3. The van der Waals surface area contributed by atoms with E-state index in [-0.39, 0.29) is 5.91 Å². The van der Waals surface area contributed by atoms with Gasteiger partial charge in [0.2, 0.25) is 11.9 Å². The number of carbonyl (C=O) groups is 1. The van der Waals surface area contributed by atoms with Gasteiger partial charge in [0.15, 0.2) is 0 Å². The van der Waals surface area contributed by atoms with Crippen LogP contribution < -0.4 is 4.90 Å². The molecule has 2 heterocycles. The van der Waals surface area contributed by atoms with Crippen LogP contribution in [0.4, 0.5) is 5.95 Å². The molecule has 1 amide bonds. The van der Waals surface area contributed by atoms with E-state index in [0.717, 1.165) is 49.9 Å². The van der Waals surface area contributed by atoms with Crippen LogP contribution in [0.25, 0.3) is 0 Å². The van der Waals surface area contributed by atoms with Crippen LogP contribution in [0.2, 0.25) is 0 Å². The summed E-state index contributed by atoms with van der Waals surface area (Å²) < 4.78 is 0. The Morgan fingerprint density at radius 1 is 1.14 bits per heavy atom. The first-order valence-corrected chi connectivity index (χ1v) is 7.80. The summed E-state index contributed by atoms with van der Waals surface area (Å²) in [5.74, 6) is 1.48. The van der Waals surface area contributed by atoms with Gasteiger partial charge in [-0.1, -0.05) is 13.8 Å². The van der Waals surface area contributed by atoms with E-state index in [0.29, 0.717) is 12.3 Å². The Balaban J connectivity index is 2.02. The Bertz CT molecular complexity index is 481. The number of hydrogen-bond acceptors (Lipinski definition) is 4. The van der Waals surface area contributed by atoms with E-state index in [4.69, 9.17) is 0 Å². The highest BCUT2D eigenvalue weighted by molar-refractivity contribution is 5.76. The predicted molar refractivity (Wildman–Crippen MR) is 84.4 cm³/mol. The van der Waals surface area contributed by atoms with Crippen molar-refractivity contribution in [1.82, 2.24) is 14.9 Å². The zero-order chi connectivity index (χ0) is 15.4. The molecule has 0 aromatic carbocycles. The molecule has 1 aromatic rings. The lowest BCUT2D eigenvalue weighted by Gasteiger charge is -2.23. The van der Waals surface area contributed by atoms with E-state index in [9.17, 15) is 4.79 Å². The molecule has 0 spiro atoms. The van der Waals surface area contributed by atoms with Gasteiger partial charge in [-0.25, -0.2) is 9.97 Å². The minimum absolute atomic E-state index is 0.271. The quantitative estimate of drug-likeness (QED) is 0.856. The fourth-order valence-electron chi connectivity index (χ4n) is 2.69. The van der Waals surface area contributed by atoms with Gasteiger partial charge < -0.3 is 9.80 Å². The first-order valence-electron chi connectivity index (χ1n) is 7.80. The minimum atomic E-state index is 0.271. The molecule has 0 aliphatic carbocycles. The Kier molecular flexibility index (Phi) is 5.15. The van der Waals surface area contributed by atoms with E-state index < -0.39 is 0 Å². The van der Waals surface area contributed by atoms with Crippen LogP contribution in [0.3, 0.4) is 0 Å². The van der Waals surface area contributed by atoms with Gasteiger partial charge in [0, 0.05) is 44.0 Å². The van der Waals surface area contributed by atoms with Crippen LogP contribution >= 0.6 is 0 Å². The van der Waals surface area contributed by atoms with Crippen LogP contribution in [0.15, 0.2) is 6.07 Å². The highest BCUT2D eigenvalue weighted by Crippen LogP contribution is 2.14. The molecule has 21 heavy (non-hydrogen) atoms. The molecule has 0 radical (unpaired) electrons. The van der Waals surface area contributed by atoms with E-state index in [2.05, 4.69) is 28.7 Å². The largest absolute Gasteiger partial charge is 0.341 e. The van der Waals surface area contributed by atoms with E-state index >= 15 is 0 Å². The second kappa shape index (κ2) is 6.87.